The summed E-state index contributed by atoms with van der Waals surface area (Å²) < 4.78 is 94.2. The summed E-state index contributed by atoms with van der Waals surface area (Å²) in [6.07, 6.45) is -0.452. The summed E-state index contributed by atoms with van der Waals surface area (Å²) in [5.41, 5.74) is 5.26. The Balaban J connectivity index is 1.11. The van der Waals surface area contributed by atoms with Crippen LogP contribution >= 0.6 is 0 Å². The van der Waals surface area contributed by atoms with Crippen molar-refractivity contribution < 1.29 is 50.8 Å². The Kier molecular flexibility index (Phi) is 11.9. The van der Waals surface area contributed by atoms with Gasteiger partial charge in [-0.05, 0) is 57.5 Å². The van der Waals surface area contributed by atoms with Gasteiger partial charge in [0.15, 0.2) is 41.1 Å². The molecule has 2 N–H and O–H groups in total. The largest absolute Gasteiger partial charge is 0.493 e. The Morgan fingerprint density at radius 1 is 0.807 bits per heavy atom. The van der Waals surface area contributed by atoms with Crippen molar-refractivity contribution in [3.8, 4) is 22.6 Å². The van der Waals surface area contributed by atoms with Gasteiger partial charge in [0.1, 0.15) is 5.56 Å². The highest BCUT2D eigenvalue weighted by Crippen LogP contribution is 2.43. The number of hydrogen-bond acceptors (Lipinski definition) is 7. The normalized spacial score (nSPS) is 19.5. The Morgan fingerprint density at radius 3 is 2.07 bits per heavy atom. The third kappa shape index (κ3) is 8.10. The van der Waals surface area contributed by atoms with Gasteiger partial charge in [0.2, 0.25) is 5.82 Å². The second-order valence-electron chi connectivity index (χ2n) is 14.2. The van der Waals surface area contributed by atoms with E-state index in [0.29, 0.717) is 35.7 Å². The molecule has 0 radical (unpaired) electrons. The lowest BCUT2D eigenvalue weighted by Crippen LogP contribution is -2.45. The van der Waals surface area contributed by atoms with Crippen LogP contribution in [-0.2, 0) is 35.6 Å². The van der Waals surface area contributed by atoms with Gasteiger partial charge in [0.05, 0.1) is 33.0 Å². The van der Waals surface area contributed by atoms with E-state index in [0.717, 1.165) is 35.2 Å². The highest BCUT2D eigenvalue weighted by atomic mass is 19.2. The summed E-state index contributed by atoms with van der Waals surface area (Å²) in [5, 5.41) is 11.9. The highest BCUT2D eigenvalue weighted by Gasteiger charge is 2.39. The predicted molar refractivity (Wildman–Crippen MR) is 201 cm³/mol. The van der Waals surface area contributed by atoms with E-state index >= 15 is 0 Å². The fraction of sp³-hybridized carbons (Fsp3) is 0.295. The van der Waals surface area contributed by atoms with Crippen molar-refractivity contribution in [2.75, 3.05) is 27.3 Å². The summed E-state index contributed by atoms with van der Waals surface area (Å²) in [6.45, 7) is 3.95. The first-order chi connectivity index (χ1) is 27.5. The first kappa shape index (κ1) is 39.9. The quantitative estimate of drug-likeness (QED) is 0.0791. The number of fused-ring (bicyclic) bond motifs is 1. The summed E-state index contributed by atoms with van der Waals surface area (Å²) in [7, 11) is 3.25. The number of benzene rings is 5. The zero-order valence-corrected chi connectivity index (χ0v) is 31.5. The molecule has 4 atom stereocenters. The summed E-state index contributed by atoms with van der Waals surface area (Å²) >= 11 is 0. The van der Waals surface area contributed by atoms with Crippen molar-refractivity contribution in [3.63, 3.8) is 0 Å². The standard InChI is InChI=1S/C44H41F5N2O6/c1-24-35(22-51-17-16-29-18-33(54-2)34(55-3)19-31(29)21-51)56-44(57-42(24)27-10-8-25(23-52)9-11-27)28-14-12-26(13-15-28)32-7-5-4-6-30(32)20-50-43(53)36-37(45)39(47)41(49)40(48)38(36)46/h4-15,18-19,24,35,42,44,52H,16-17,20-23H2,1-3H3,(H,50,53)/t24-,35+,42+,44+/m0/s1. The molecule has 0 unspecified atom stereocenters. The van der Waals surface area contributed by atoms with Gasteiger partial charge >= 0.3 is 0 Å². The monoisotopic (exact) mass is 788 g/mol. The lowest BCUT2D eigenvalue weighted by Gasteiger charge is -2.43. The molecular formula is C44H41F5N2O6. The molecule has 1 saturated heterocycles. The number of halogens is 5. The fourth-order valence-corrected chi connectivity index (χ4v) is 7.52. The van der Waals surface area contributed by atoms with Crippen LogP contribution in [0, 0.1) is 35.0 Å². The van der Waals surface area contributed by atoms with Crippen LogP contribution in [-0.4, -0.2) is 49.3 Å². The van der Waals surface area contributed by atoms with E-state index in [1.807, 2.05) is 60.7 Å². The lowest BCUT2D eigenvalue weighted by molar-refractivity contribution is -0.276. The smallest absolute Gasteiger partial charge is 0.257 e. The minimum atomic E-state index is -2.34. The molecule has 0 spiro atoms. The highest BCUT2D eigenvalue weighted by molar-refractivity contribution is 5.95. The molecular weight excluding hydrogens is 747 g/mol. The lowest BCUT2D eigenvalue weighted by atomic mass is 9.89. The molecule has 2 heterocycles. The van der Waals surface area contributed by atoms with Crippen LogP contribution in [0.25, 0.3) is 11.1 Å². The molecule has 0 bridgehead atoms. The number of nitrogens with one attached hydrogen (secondary N) is 1. The second kappa shape index (κ2) is 17.0. The van der Waals surface area contributed by atoms with E-state index in [1.165, 1.54) is 11.1 Å². The van der Waals surface area contributed by atoms with E-state index < -0.39 is 46.8 Å². The Morgan fingerprint density at radius 2 is 1.42 bits per heavy atom. The first-order valence-corrected chi connectivity index (χ1v) is 18.5. The molecule has 7 rings (SSSR count). The average molecular weight is 789 g/mol. The third-order valence-corrected chi connectivity index (χ3v) is 10.7. The molecule has 8 nitrogen and oxygen atoms in total. The van der Waals surface area contributed by atoms with Gasteiger partial charge in [-0.2, -0.15) is 0 Å². The number of amides is 1. The van der Waals surface area contributed by atoms with Crippen LogP contribution in [0.15, 0.2) is 84.9 Å². The second-order valence-corrected chi connectivity index (χ2v) is 14.2. The van der Waals surface area contributed by atoms with Crippen molar-refractivity contribution in [1.29, 1.82) is 0 Å². The van der Waals surface area contributed by atoms with Crippen molar-refractivity contribution in [3.05, 3.63) is 153 Å². The Hall–Kier alpha value is -5.34. The fourth-order valence-electron chi connectivity index (χ4n) is 7.52. The average Bonchev–Trinajstić information content (AvgIpc) is 3.24. The number of hydrogen-bond donors (Lipinski definition) is 2. The van der Waals surface area contributed by atoms with Gasteiger partial charge in [-0.25, -0.2) is 22.0 Å². The van der Waals surface area contributed by atoms with Crippen LogP contribution < -0.4 is 14.8 Å². The van der Waals surface area contributed by atoms with Crippen molar-refractivity contribution >= 4 is 5.91 Å². The molecule has 0 saturated carbocycles. The summed E-state index contributed by atoms with van der Waals surface area (Å²) in [4.78, 5) is 15.1. The number of ether oxygens (including phenoxy) is 4. The minimum absolute atomic E-state index is 0.0424. The van der Waals surface area contributed by atoms with Crippen molar-refractivity contribution in [2.24, 2.45) is 5.92 Å². The van der Waals surface area contributed by atoms with Gasteiger partial charge in [-0.3, -0.25) is 9.69 Å². The van der Waals surface area contributed by atoms with E-state index in [4.69, 9.17) is 18.9 Å². The maximum atomic E-state index is 14.3. The van der Waals surface area contributed by atoms with E-state index in [1.54, 1.807) is 38.5 Å². The number of nitrogens with zero attached hydrogens (tertiary/aromatic N) is 1. The predicted octanol–water partition coefficient (Wildman–Crippen LogP) is 8.34. The zero-order valence-electron chi connectivity index (χ0n) is 31.5. The molecule has 2 aliphatic rings. The van der Waals surface area contributed by atoms with Crippen LogP contribution in [0.4, 0.5) is 22.0 Å². The number of rotatable bonds is 11. The Bertz CT molecular complexity index is 2230. The first-order valence-electron chi connectivity index (χ1n) is 18.5. The molecule has 57 heavy (non-hydrogen) atoms. The molecule has 298 valence electrons. The van der Waals surface area contributed by atoms with Gasteiger partial charge in [-0.15, -0.1) is 0 Å². The van der Waals surface area contributed by atoms with Gasteiger partial charge in [-0.1, -0.05) is 79.7 Å². The van der Waals surface area contributed by atoms with Crippen LogP contribution in [0.5, 0.6) is 11.5 Å². The van der Waals surface area contributed by atoms with Gasteiger partial charge in [0, 0.05) is 37.7 Å². The van der Waals surface area contributed by atoms with Crippen molar-refractivity contribution in [1.82, 2.24) is 10.2 Å². The topological polar surface area (TPSA) is 89.5 Å². The molecule has 13 heteroatoms. The summed E-state index contributed by atoms with van der Waals surface area (Å²) in [5.74, 6) is -11.2. The molecule has 0 aromatic heterocycles. The van der Waals surface area contributed by atoms with Gasteiger partial charge < -0.3 is 29.4 Å². The molecule has 1 fully saturated rings. The maximum Gasteiger partial charge on any atom is 0.257 e. The van der Waals surface area contributed by atoms with Crippen LogP contribution in [0.1, 0.15) is 63.1 Å². The molecule has 1 amide bonds. The number of aliphatic hydroxyl groups excluding tert-OH is 1. The SMILES string of the molecule is COc1cc2c(cc1OC)CN(C[C@H]1O[C@@H](c3ccc(-c4ccccc4CNC(=O)c4c(F)c(F)c(F)c(F)c4F)cc3)O[C@@H](c3ccc(CO)cc3)[C@H]1C)CC2. The third-order valence-electron chi connectivity index (χ3n) is 10.7. The van der Waals surface area contributed by atoms with Crippen LogP contribution in [0.2, 0.25) is 0 Å². The molecule has 2 aliphatic heterocycles. The van der Waals surface area contributed by atoms with E-state index in [-0.39, 0.29) is 31.3 Å². The number of methoxy groups -OCH3 is 2. The Labute approximate surface area is 326 Å². The molecule has 5 aromatic carbocycles. The minimum Gasteiger partial charge on any atom is -0.493 e. The number of carbonyl (C=O) groups excluding carboxylic acids is 1. The number of aliphatic hydroxyl groups is 1. The van der Waals surface area contributed by atoms with E-state index in [9.17, 15) is 31.9 Å². The van der Waals surface area contributed by atoms with E-state index in [2.05, 4.69) is 17.1 Å². The van der Waals surface area contributed by atoms with Gasteiger partial charge in [0.25, 0.3) is 5.91 Å². The molecule has 0 aliphatic carbocycles. The van der Waals surface area contributed by atoms with Crippen molar-refractivity contribution in [2.45, 2.75) is 51.5 Å². The zero-order chi connectivity index (χ0) is 40.4. The molecule has 5 aromatic rings. The summed E-state index contributed by atoms with van der Waals surface area (Å²) in [6, 6.07) is 26.2. The van der Waals surface area contributed by atoms with Crippen LogP contribution in [0.3, 0.4) is 0 Å². The maximum absolute atomic E-state index is 14.3. The number of carbonyl (C=O) groups is 1.